The molecule has 0 aliphatic heterocycles. The van der Waals surface area contributed by atoms with Crippen LogP contribution in [0.5, 0.6) is 0 Å². The number of hydrogen-bond acceptors (Lipinski definition) is 0. The molecule has 0 atom stereocenters. The van der Waals surface area contributed by atoms with Gasteiger partial charge in [0.25, 0.3) is 0 Å². The molecule has 0 amide bonds. The van der Waals surface area contributed by atoms with Crippen LogP contribution in [0, 0.1) is 13.8 Å². The number of halogens is 2. The summed E-state index contributed by atoms with van der Waals surface area (Å²) in [5, 5.41) is 2.90. The number of benzene rings is 1. The molecule has 2 aromatic rings. The molecule has 0 fully saturated rings. The molecular formula is C14H17Cl2Zr. The second-order valence-electron chi connectivity index (χ2n) is 4.15. The van der Waals surface area contributed by atoms with Crippen LogP contribution in [-0.2, 0) is 32.6 Å². The molecule has 2 rings (SSSR count). The normalized spacial score (nSPS) is 9.12. The second-order valence-corrected chi connectivity index (χ2v) is 4.15. The van der Waals surface area contributed by atoms with Crippen molar-refractivity contribution in [1.29, 1.82) is 0 Å². The molecule has 0 spiro atoms. The second kappa shape index (κ2) is 8.40. The summed E-state index contributed by atoms with van der Waals surface area (Å²) < 4.78 is 0. The van der Waals surface area contributed by atoms with Crippen molar-refractivity contribution in [1.82, 2.24) is 0 Å². The Morgan fingerprint density at radius 1 is 1.12 bits per heavy atom. The molecule has 0 aromatic heterocycles. The summed E-state index contributed by atoms with van der Waals surface area (Å²) >= 11 is 0. The van der Waals surface area contributed by atoms with Gasteiger partial charge in [-0.1, -0.05) is 38.8 Å². The Balaban J connectivity index is 0. The van der Waals surface area contributed by atoms with Crippen LogP contribution in [0.1, 0.15) is 30.0 Å². The Hall–Kier alpha value is 0.293. The number of hydrogen-bond donors (Lipinski definition) is 0. The predicted octanol–water partition coefficient (Wildman–Crippen LogP) is -1.87. The monoisotopic (exact) mass is 345 g/mol. The maximum Gasteiger partial charge on any atom is 3.00 e. The zero-order valence-corrected chi connectivity index (χ0v) is 14.4. The van der Waals surface area contributed by atoms with Gasteiger partial charge in [0.1, 0.15) is 0 Å². The maximum atomic E-state index is 2.31. The molecule has 0 bridgehead atoms. The standard InChI is InChI=1S/C14H17.2ClH.Zr/c1-4-5-12-7-6-11(3)13-8-10(2)9-14(12)13;;;/h6-9H,4-5H2,1-3H3;2*1H;/q-1;;;+3/p-2. The van der Waals surface area contributed by atoms with Crippen molar-refractivity contribution in [2.75, 3.05) is 0 Å². The molecular weight excluding hydrogens is 330 g/mol. The maximum absolute atomic E-state index is 2.31. The van der Waals surface area contributed by atoms with Crippen LogP contribution in [0.4, 0.5) is 0 Å². The fraction of sp³-hybridized carbons (Fsp3) is 0.357. The first-order valence-corrected chi connectivity index (χ1v) is 5.38. The van der Waals surface area contributed by atoms with Crippen LogP contribution in [-0.4, -0.2) is 0 Å². The van der Waals surface area contributed by atoms with E-state index in [1.165, 1.54) is 40.3 Å². The molecule has 1 radical (unpaired) electrons. The van der Waals surface area contributed by atoms with Gasteiger partial charge in [-0.25, -0.2) is 0 Å². The Morgan fingerprint density at radius 2 is 1.76 bits per heavy atom. The first-order chi connectivity index (χ1) is 6.72. The molecule has 0 N–H and O–H groups in total. The number of aryl methyl sites for hydroxylation is 3. The smallest absolute Gasteiger partial charge is 1.00 e. The predicted molar refractivity (Wildman–Crippen MR) is 63.0 cm³/mol. The van der Waals surface area contributed by atoms with Crippen LogP contribution < -0.4 is 24.8 Å². The average molecular weight is 347 g/mol. The van der Waals surface area contributed by atoms with Crippen LogP contribution in [0.15, 0.2) is 24.3 Å². The van der Waals surface area contributed by atoms with Crippen molar-refractivity contribution < 1.29 is 51.0 Å². The summed E-state index contributed by atoms with van der Waals surface area (Å²) in [6, 6.07) is 9.13. The van der Waals surface area contributed by atoms with E-state index in [4.69, 9.17) is 0 Å². The van der Waals surface area contributed by atoms with E-state index in [1.807, 2.05) is 0 Å². The van der Waals surface area contributed by atoms with E-state index in [2.05, 4.69) is 45.0 Å². The van der Waals surface area contributed by atoms with E-state index in [0.29, 0.717) is 0 Å². The van der Waals surface area contributed by atoms with E-state index >= 15 is 0 Å². The van der Waals surface area contributed by atoms with Crippen molar-refractivity contribution in [2.24, 2.45) is 0 Å². The van der Waals surface area contributed by atoms with Crippen molar-refractivity contribution in [3.8, 4) is 0 Å². The largest absolute Gasteiger partial charge is 3.00 e. The fourth-order valence-corrected chi connectivity index (χ4v) is 2.14. The molecule has 0 unspecified atom stereocenters. The third-order valence-electron chi connectivity index (χ3n) is 2.86. The topological polar surface area (TPSA) is 0 Å². The van der Waals surface area contributed by atoms with Gasteiger partial charge >= 0.3 is 26.2 Å². The van der Waals surface area contributed by atoms with Gasteiger partial charge in [-0.3, -0.25) is 0 Å². The first-order valence-electron chi connectivity index (χ1n) is 5.38. The molecule has 2 aromatic carbocycles. The third-order valence-corrected chi connectivity index (χ3v) is 2.86. The van der Waals surface area contributed by atoms with Crippen LogP contribution >= 0.6 is 0 Å². The van der Waals surface area contributed by atoms with Crippen LogP contribution in [0.2, 0.25) is 0 Å². The average Bonchev–Trinajstić information content (AvgIpc) is 2.53. The van der Waals surface area contributed by atoms with Gasteiger partial charge in [0.2, 0.25) is 0 Å². The molecule has 0 heterocycles. The summed E-state index contributed by atoms with van der Waals surface area (Å²) in [4.78, 5) is 0. The SMILES string of the molecule is CCCc1ccc(C)c2[cH-]c(C)cc12.[Cl-].[Cl-].[Zr+3]. The van der Waals surface area contributed by atoms with E-state index in [9.17, 15) is 0 Å². The zero-order chi connectivity index (χ0) is 10.1. The quantitative estimate of drug-likeness (QED) is 0.559. The molecule has 0 aliphatic carbocycles. The van der Waals surface area contributed by atoms with Gasteiger partial charge in [-0.2, -0.15) is 6.07 Å². The summed E-state index contributed by atoms with van der Waals surface area (Å²) in [6.07, 6.45) is 2.42. The van der Waals surface area contributed by atoms with E-state index in [-0.39, 0.29) is 51.0 Å². The molecule has 0 saturated heterocycles. The van der Waals surface area contributed by atoms with Crippen molar-refractivity contribution in [3.05, 3.63) is 41.0 Å². The molecule has 91 valence electrons. The Labute approximate surface area is 135 Å². The van der Waals surface area contributed by atoms with Crippen molar-refractivity contribution in [2.45, 2.75) is 33.6 Å². The Bertz CT molecular complexity index is 460. The van der Waals surface area contributed by atoms with Gasteiger partial charge in [0.05, 0.1) is 0 Å². The number of fused-ring (bicyclic) bond motifs is 1. The van der Waals surface area contributed by atoms with E-state index in [1.54, 1.807) is 0 Å². The minimum atomic E-state index is 0. The van der Waals surface area contributed by atoms with Gasteiger partial charge in [0, 0.05) is 0 Å². The van der Waals surface area contributed by atoms with Gasteiger partial charge in [0.15, 0.2) is 0 Å². The summed E-state index contributed by atoms with van der Waals surface area (Å²) in [7, 11) is 0. The molecule has 0 nitrogen and oxygen atoms in total. The van der Waals surface area contributed by atoms with Gasteiger partial charge in [-0.15, -0.1) is 34.0 Å². The fourth-order valence-electron chi connectivity index (χ4n) is 2.14. The minimum absolute atomic E-state index is 0. The minimum Gasteiger partial charge on any atom is -1.00 e. The zero-order valence-electron chi connectivity index (χ0n) is 10.5. The van der Waals surface area contributed by atoms with Crippen molar-refractivity contribution in [3.63, 3.8) is 0 Å². The molecule has 0 saturated carbocycles. The summed E-state index contributed by atoms with van der Waals surface area (Å²) in [6.45, 7) is 6.61. The van der Waals surface area contributed by atoms with E-state index < -0.39 is 0 Å². The third kappa shape index (κ3) is 4.16. The van der Waals surface area contributed by atoms with Crippen LogP contribution in [0.3, 0.4) is 0 Å². The number of rotatable bonds is 2. The Kier molecular flexibility index (Phi) is 9.70. The van der Waals surface area contributed by atoms with Gasteiger partial charge in [-0.05, 0) is 6.42 Å². The molecule has 3 heteroatoms. The summed E-state index contributed by atoms with van der Waals surface area (Å²) in [5.74, 6) is 0. The summed E-state index contributed by atoms with van der Waals surface area (Å²) in [5.41, 5.74) is 4.28. The van der Waals surface area contributed by atoms with Crippen molar-refractivity contribution >= 4 is 10.8 Å². The van der Waals surface area contributed by atoms with E-state index in [0.717, 1.165) is 0 Å². The molecule has 0 aliphatic rings. The molecule has 17 heavy (non-hydrogen) atoms. The Morgan fingerprint density at radius 3 is 2.35 bits per heavy atom. The first kappa shape index (κ1) is 19.6. The van der Waals surface area contributed by atoms with Crippen LogP contribution in [0.25, 0.3) is 10.8 Å². The van der Waals surface area contributed by atoms with Gasteiger partial charge < -0.3 is 24.8 Å².